The van der Waals surface area contributed by atoms with E-state index in [0.29, 0.717) is 0 Å². The molecular weight excluding hydrogens is 252 g/mol. The molecule has 104 valence electrons. The fourth-order valence-electron chi connectivity index (χ4n) is 2.48. The standard InChI is InChI=1S/C15H18N4O/c1-15(6-4-7-17-15)14(20)18-12-5-8-16-13(11-12)19-9-2-3-10-19/h2-3,5,8-11,17H,4,6-7H2,1H3,(H,16,18,20). The Morgan fingerprint density at radius 2 is 2.25 bits per heavy atom. The maximum atomic E-state index is 12.3. The van der Waals surface area contributed by atoms with Crippen LogP contribution in [0.15, 0.2) is 42.9 Å². The van der Waals surface area contributed by atoms with Gasteiger partial charge < -0.3 is 15.2 Å². The van der Waals surface area contributed by atoms with E-state index in [-0.39, 0.29) is 5.91 Å². The van der Waals surface area contributed by atoms with Crippen molar-refractivity contribution in [2.24, 2.45) is 0 Å². The molecule has 5 nitrogen and oxygen atoms in total. The summed E-state index contributed by atoms with van der Waals surface area (Å²) in [5, 5.41) is 6.23. The first kappa shape index (κ1) is 12.9. The highest BCUT2D eigenvalue weighted by atomic mass is 16.2. The molecular formula is C15H18N4O. The number of amides is 1. The second-order valence-corrected chi connectivity index (χ2v) is 5.31. The van der Waals surface area contributed by atoms with Crippen LogP contribution in [0, 0.1) is 0 Å². The Morgan fingerprint density at radius 1 is 1.45 bits per heavy atom. The first-order valence-corrected chi connectivity index (χ1v) is 6.83. The lowest BCUT2D eigenvalue weighted by Gasteiger charge is -2.23. The lowest BCUT2D eigenvalue weighted by atomic mass is 9.99. The van der Waals surface area contributed by atoms with Gasteiger partial charge in [-0.3, -0.25) is 4.79 Å². The number of nitrogens with zero attached hydrogens (tertiary/aromatic N) is 2. The minimum atomic E-state index is -0.461. The van der Waals surface area contributed by atoms with Crippen LogP contribution < -0.4 is 10.6 Å². The van der Waals surface area contributed by atoms with Gasteiger partial charge >= 0.3 is 0 Å². The molecule has 0 saturated carbocycles. The zero-order chi connectivity index (χ0) is 14.0. The summed E-state index contributed by atoms with van der Waals surface area (Å²) in [5.74, 6) is 0.803. The molecule has 0 aliphatic carbocycles. The van der Waals surface area contributed by atoms with Crippen molar-refractivity contribution in [1.29, 1.82) is 0 Å². The minimum absolute atomic E-state index is 0.0136. The van der Waals surface area contributed by atoms with E-state index in [0.717, 1.165) is 30.9 Å². The predicted octanol–water partition coefficient (Wildman–Crippen LogP) is 1.95. The van der Waals surface area contributed by atoms with Gasteiger partial charge in [-0.15, -0.1) is 0 Å². The summed E-state index contributed by atoms with van der Waals surface area (Å²) in [7, 11) is 0. The van der Waals surface area contributed by atoms with Crippen LogP contribution in [0.1, 0.15) is 19.8 Å². The van der Waals surface area contributed by atoms with Gasteiger partial charge in [-0.25, -0.2) is 4.98 Å². The topological polar surface area (TPSA) is 59.0 Å². The Labute approximate surface area is 118 Å². The van der Waals surface area contributed by atoms with E-state index < -0.39 is 5.54 Å². The SMILES string of the molecule is CC1(C(=O)Nc2ccnc(-n3cccc3)c2)CCCN1. The zero-order valence-electron chi connectivity index (χ0n) is 11.5. The minimum Gasteiger partial charge on any atom is -0.324 e. The normalized spacial score (nSPS) is 21.9. The van der Waals surface area contributed by atoms with Crippen molar-refractivity contribution in [3.63, 3.8) is 0 Å². The van der Waals surface area contributed by atoms with Gasteiger partial charge in [-0.05, 0) is 44.5 Å². The average molecular weight is 270 g/mol. The van der Waals surface area contributed by atoms with E-state index >= 15 is 0 Å². The maximum absolute atomic E-state index is 12.3. The van der Waals surface area contributed by atoms with Crippen LogP contribution in [0.5, 0.6) is 0 Å². The smallest absolute Gasteiger partial charge is 0.244 e. The van der Waals surface area contributed by atoms with Crippen molar-refractivity contribution in [2.75, 3.05) is 11.9 Å². The van der Waals surface area contributed by atoms with E-state index in [1.165, 1.54) is 0 Å². The Balaban J connectivity index is 1.78. The summed E-state index contributed by atoms with van der Waals surface area (Å²) in [6.45, 7) is 2.85. The number of nitrogens with one attached hydrogen (secondary N) is 2. The van der Waals surface area contributed by atoms with Crippen LogP contribution >= 0.6 is 0 Å². The van der Waals surface area contributed by atoms with Crippen molar-refractivity contribution < 1.29 is 4.79 Å². The van der Waals surface area contributed by atoms with Gasteiger partial charge in [0.1, 0.15) is 5.82 Å². The maximum Gasteiger partial charge on any atom is 0.244 e. The molecule has 1 saturated heterocycles. The second kappa shape index (κ2) is 5.09. The summed E-state index contributed by atoms with van der Waals surface area (Å²) in [5.41, 5.74) is 0.306. The Bertz CT molecular complexity index is 600. The van der Waals surface area contributed by atoms with E-state index in [1.54, 1.807) is 6.20 Å². The number of aromatic nitrogens is 2. The molecule has 1 fully saturated rings. The van der Waals surface area contributed by atoms with Crippen molar-refractivity contribution in [2.45, 2.75) is 25.3 Å². The highest BCUT2D eigenvalue weighted by Crippen LogP contribution is 2.21. The Kier molecular flexibility index (Phi) is 3.28. The molecule has 1 unspecified atom stereocenters. The molecule has 1 aliphatic rings. The summed E-state index contributed by atoms with van der Waals surface area (Å²) in [4.78, 5) is 16.6. The molecule has 2 aromatic heterocycles. The van der Waals surface area contributed by atoms with Gasteiger partial charge in [-0.2, -0.15) is 0 Å². The molecule has 3 rings (SSSR count). The highest BCUT2D eigenvalue weighted by Gasteiger charge is 2.35. The van der Waals surface area contributed by atoms with E-state index in [2.05, 4.69) is 15.6 Å². The summed E-state index contributed by atoms with van der Waals surface area (Å²) in [6, 6.07) is 7.56. The molecule has 2 N–H and O–H groups in total. The van der Waals surface area contributed by atoms with Crippen LogP contribution in [0.3, 0.4) is 0 Å². The third-order valence-corrected chi connectivity index (χ3v) is 3.74. The molecule has 0 aromatic carbocycles. The van der Waals surface area contributed by atoms with Crippen LogP contribution in [0.4, 0.5) is 5.69 Å². The van der Waals surface area contributed by atoms with Crippen LogP contribution in [-0.2, 0) is 4.79 Å². The fourth-order valence-corrected chi connectivity index (χ4v) is 2.48. The van der Waals surface area contributed by atoms with Gasteiger partial charge in [0.25, 0.3) is 0 Å². The number of hydrogen-bond donors (Lipinski definition) is 2. The Hall–Kier alpha value is -2.14. The molecule has 3 heterocycles. The average Bonchev–Trinajstić information content (AvgIpc) is 3.11. The molecule has 1 amide bonds. The third kappa shape index (κ3) is 2.44. The fraction of sp³-hybridized carbons (Fsp3) is 0.333. The first-order chi connectivity index (χ1) is 9.67. The number of pyridine rings is 1. The van der Waals surface area contributed by atoms with Crippen LogP contribution in [0.2, 0.25) is 0 Å². The highest BCUT2D eigenvalue weighted by molar-refractivity contribution is 5.98. The van der Waals surface area contributed by atoms with Gasteiger partial charge in [0.2, 0.25) is 5.91 Å². The summed E-state index contributed by atoms with van der Waals surface area (Å²) < 4.78 is 1.91. The molecule has 1 aliphatic heterocycles. The van der Waals surface area contributed by atoms with Crippen LogP contribution in [-0.4, -0.2) is 27.5 Å². The number of hydrogen-bond acceptors (Lipinski definition) is 3. The van der Waals surface area contributed by atoms with Crippen molar-refractivity contribution in [3.8, 4) is 5.82 Å². The van der Waals surface area contributed by atoms with E-state index in [9.17, 15) is 4.79 Å². The van der Waals surface area contributed by atoms with Gasteiger partial charge in [0.15, 0.2) is 0 Å². The molecule has 5 heteroatoms. The van der Waals surface area contributed by atoms with Gasteiger partial charge in [0.05, 0.1) is 5.54 Å². The third-order valence-electron chi connectivity index (χ3n) is 3.74. The summed E-state index contributed by atoms with van der Waals surface area (Å²) >= 11 is 0. The molecule has 0 radical (unpaired) electrons. The predicted molar refractivity (Wildman–Crippen MR) is 77.8 cm³/mol. The quantitative estimate of drug-likeness (QED) is 0.896. The second-order valence-electron chi connectivity index (χ2n) is 5.31. The number of carbonyl (C=O) groups is 1. The Morgan fingerprint density at radius 3 is 2.95 bits per heavy atom. The largest absolute Gasteiger partial charge is 0.324 e. The number of carbonyl (C=O) groups excluding carboxylic acids is 1. The monoisotopic (exact) mass is 270 g/mol. The lowest BCUT2D eigenvalue weighted by molar-refractivity contribution is -0.121. The lowest BCUT2D eigenvalue weighted by Crippen LogP contribution is -2.47. The van der Waals surface area contributed by atoms with Gasteiger partial charge in [-0.1, -0.05) is 0 Å². The number of rotatable bonds is 3. The first-order valence-electron chi connectivity index (χ1n) is 6.83. The van der Waals surface area contributed by atoms with Crippen molar-refractivity contribution in [1.82, 2.24) is 14.9 Å². The number of anilines is 1. The molecule has 20 heavy (non-hydrogen) atoms. The molecule has 1 atom stereocenters. The van der Waals surface area contributed by atoms with Crippen LogP contribution in [0.25, 0.3) is 5.82 Å². The van der Waals surface area contributed by atoms with Gasteiger partial charge in [0, 0.05) is 30.3 Å². The summed E-state index contributed by atoms with van der Waals surface area (Å²) in [6.07, 6.45) is 7.46. The van der Waals surface area contributed by atoms with E-state index in [1.807, 2.05) is 48.1 Å². The molecule has 2 aromatic rings. The molecule has 0 bridgehead atoms. The van der Waals surface area contributed by atoms with Crippen molar-refractivity contribution >= 4 is 11.6 Å². The molecule has 0 spiro atoms. The van der Waals surface area contributed by atoms with E-state index in [4.69, 9.17) is 0 Å². The zero-order valence-corrected chi connectivity index (χ0v) is 11.5. The van der Waals surface area contributed by atoms with Crippen molar-refractivity contribution in [3.05, 3.63) is 42.9 Å².